The van der Waals surface area contributed by atoms with Crippen molar-refractivity contribution >= 4 is 42.9 Å². The Morgan fingerprint density at radius 1 is 0.973 bits per heavy atom. The van der Waals surface area contributed by atoms with Gasteiger partial charge in [0.15, 0.2) is 0 Å². The second-order valence-corrected chi connectivity index (χ2v) is 15.7. The molecule has 4 aliphatic rings. The number of benzene rings is 2. The SMILES string of the molecule is C=C1CN(S(=O)(=O)c2cccc(C(=O)N3CC4(CCC5(CC5)CC4)c4cc(NS(=C)(C)=O)ccc43)c2)C1. The fourth-order valence-electron chi connectivity index (χ4n) is 6.24. The van der Waals surface area contributed by atoms with Gasteiger partial charge < -0.3 is 9.62 Å². The van der Waals surface area contributed by atoms with E-state index in [-0.39, 0.29) is 16.2 Å². The van der Waals surface area contributed by atoms with E-state index >= 15 is 0 Å². The van der Waals surface area contributed by atoms with Gasteiger partial charge in [0.05, 0.1) is 4.90 Å². The van der Waals surface area contributed by atoms with E-state index in [0.29, 0.717) is 30.6 Å². The van der Waals surface area contributed by atoms with Crippen LogP contribution in [0.5, 0.6) is 0 Å². The maximum Gasteiger partial charge on any atom is 0.258 e. The van der Waals surface area contributed by atoms with Crippen molar-refractivity contribution < 1.29 is 17.4 Å². The average Bonchev–Trinajstić information content (AvgIpc) is 3.53. The third kappa shape index (κ3) is 4.30. The topological polar surface area (TPSA) is 86.8 Å². The summed E-state index contributed by atoms with van der Waals surface area (Å²) in [6, 6.07) is 12.2. The summed E-state index contributed by atoms with van der Waals surface area (Å²) in [5.41, 5.74) is 4.26. The number of rotatable bonds is 5. The molecule has 2 heterocycles. The number of carbonyl (C=O) groups excluding carboxylic acids is 1. The predicted molar refractivity (Wildman–Crippen MR) is 149 cm³/mol. The molecular weight excluding hydrogens is 506 g/mol. The molecule has 2 aliphatic carbocycles. The smallest absolute Gasteiger partial charge is 0.258 e. The Bertz CT molecular complexity index is 1520. The first-order valence-corrected chi connectivity index (χ1v) is 16.3. The van der Waals surface area contributed by atoms with Gasteiger partial charge in [-0.25, -0.2) is 12.6 Å². The van der Waals surface area contributed by atoms with E-state index < -0.39 is 19.7 Å². The number of hydrogen-bond donors (Lipinski definition) is 1. The van der Waals surface area contributed by atoms with E-state index in [0.717, 1.165) is 48.2 Å². The molecule has 2 saturated carbocycles. The second kappa shape index (κ2) is 8.19. The van der Waals surface area contributed by atoms with Crippen LogP contribution in [0.4, 0.5) is 11.4 Å². The van der Waals surface area contributed by atoms with Gasteiger partial charge in [-0.05, 0) is 97.3 Å². The van der Waals surface area contributed by atoms with Gasteiger partial charge in [-0.2, -0.15) is 4.31 Å². The Morgan fingerprint density at radius 3 is 2.27 bits per heavy atom. The molecule has 0 aromatic heterocycles. The molecule has 1 saturated heterocycles. The lowest BCUT2D eigenvalue weighted by Gasteiger charge is -2.38. The summed E-state index contributed by atoms with van der Waals surface area (Å²) in [4.78, 5) is 15.8. The molecule has 0 bridgehead atoms. The van der Waals surface area contributed by atoms with E-state index in [2.05, 4.69) is 17.2 Å². The molecule has 1 unspecified atom stereocenters. The summed E-state index contributed by atoms with van der Waals surface area (Å²) in [5.74, 6) is 3.52. The van der Waals surface area contributed by atoms with Crippen molar-refractivity contribution in [2.45, 2.75) is 48.8 Å². The zero-order valence-corrected chi connectivity index (χ0v) is 22.8. The number of amides is 1. The fraction of sp³-hybridized carbons (Fsp3) is 0.429. The maximum absolute atomic E-state index is 13.9. The van der Waals surface area contributed by atoms with Crippen molar-refractivity contribution in [3.05, 3.63) is 65.7 Å². The quantitative estimate of drug-likeness (QED) is 0.456. The van der Waals surface area contributed by atoms with E-state index in [1.807, 2.05) is 23.1 Å². The number of sulfonamides is 1. The van der Waals surface area contributed by atoms with Gasteiger partial charge in [0.1, 0.15) is 0 Å². The van der Waals surface area contributed by atoms with Gasteiger partial charge in [-0.1, -0.05) is 12.6 Å². The van der Waals surface area contributed by atoms with E-state index in [4.69, 9.17) is 0 Å². The summed E-state index contributed by atoms with van der Waals surface area (Å²) >= 11 is 0. The molecule has 0 radical (unpaired) electrons. The van der Waals surface area contributed by atoms with E-state index in [9.17, 15) is 17.4 Å². The normalized spacial score (nSPS) is 23.4. The lowest BCUT2D eigenvalue weighted by Crippen LogP contribution is -2.44. The Morgan fingerprint density at radius 2 is 1.65 bits per heavy atom. The molecule has 2 aromatic carbocycles. The van der Waals surface area contributed by atoms with Crippen LogP contribution in [0.1, 0.15) is 54.4 Å². The van der Waals surface area contributed by atoms with Gasteiger partial charge in [0.2, 0.25) is 10.0 Å². The van der Waals surface area contributed by atoms with Crippen LogP contribution in [0.15, 0.2) is 59.5 Å². The average molecular weight is 540 g/mol. The molecule has 9 heteroatoms. The van der Waals surface area contributed by atoms with Crippen LogP contribution in [-0.4, -0.2) is 54.6 Å². The highest BCUT2D eigenvalue weighted by molar-refractivity contribution is 8.00. The third-order valence-electron chi connectivity index (χ3n) is 8.64. The number of anilines is 2. The van der Waals surface area contributed by atoms with Gasteiger partial charge >= 0.3 is 0 Å². The minimum Gasteiger partial charge on any atom is -0.313 e. The standard InChI is InChI=1S/C28H33N3O4S2/c1-20-17-30(18-20)37(34,35)23-6-4-5-21(15-23)26(32)31-19-28(13-11-27(9-10-27)12-14-28)24-16-22(7-8-25(24)31)29-36(2,3)33/h4-8,15-16H,1-2,9-14,17-19H2,3H3,(H,29,33). The van der Waals surface area contributed by atoms with Crippen LogP contribution in [0.2, 0.25) is 0 Å². The number of hydrogen-bond acceptors (Lipinski definition) is 4. The Hall–Kier alpha value is -2.62. The minimum absolute atomic E-state index is 0.126. The van der Waals surface area contributed by atoms with E-state index in [1.54, 1.807) is 24.5 Å². The first-order valence-electron chi connectivity index (χ1n) is 12.7. The lowest BCUT2D eigenvalue weighted by molar-refractivity contribution is 0.0980. The monoisotopic (exact) mass is 539 g/mol. The maximum atomic E-state index is 13.9. The third-order valence-corrected chi connectivity index (χ3v) is 11.1. The highest BCUT2D eigenvalue weighted by Gasteiger charge is 2.53. The summed E-state index contributed by atoms with van der Waals surface area (Å²) in [7, 11) is -6.11. The molecule has 2 spiro atoms. The van der Waals surface area contributed by atoms with Gasteiger partial charge in [-0.3, -0.25) is 4.79 Å². The minimum atomic E-state index is -3.67. The summed E-state index contributed by atoms with van der Waals surface area (Å²) < 4.78 is 42.8. The highest BCUT2D eigenvalue weighted by Crippen LogP contribution is 2.62. The van der Waals surface area contributed by atoms with Crippen LogP contribution in [0.3, 0.4) is 0 Å². The van der Waals surface area contributed by atoms with Crippen molar-refractivity contribution in [2.24, 2.45) is 5.41 Å². The molecular formula is C28H33N3O4S2. The van der Waals surface area contributed by atoms with Crippen molar-refractivity contribution in [1.29, 1.82) is 0 Å². The summed E-state index contributed by atoms with van der Waals surface area (Å²) in [6.45, 7) is 5.03. The lowest BCUT2D eigenvalue weighted by atomic mass is 9.66. The Kier molecular flexibility index (Phi) is 5.47. The van der Waals surface area contributed by atoms with Crippen LogP contribution in [0, 0.1) is 5.41 Å². The number of fused-ring (bicyclic) bond motifs is 2. The molecule has 1 atom stereocenters. The molecule has 1 amide bonds. The zero-order valence-electron chi connectivity index (χ0n) is 21.2. The first-order chi connectivity index (χ1) is 17.4. The largest absolute Gasteiger partial charge is 0.313 e. The van der Waals surface area contributed by atoms with Crippen molar-refractivity contribution in [3.8, 4) is 0 Å². The fourth-order valence-corrected chi connectivity index (χ4v) is 8.40. The van der Waals surface area contributed by atoms with Crippen molar-refractivity contribution in [3.63, 3.8) is 0 Å². The molecule has 196 valence electrons. The zero-order chi connectivity index (χ0) is 26.2. The first kappa shape index (κ1) is 24.7. The number of nitrogens with zero attached hydrogens (tertiary/aromatic N) is 2. The summed E-state index contributed by atoms with van der Waals surface area (Å²) in [5, 5.41) is 0. The molecule has 37 heavy (non-hydrogen) atoms. The van der Waals surface area contributed by atoms with Crippen molar-refractivity contribution in [2.75, 3.05) is 35.5 Å². The molecule has 2 aliphatic heterocycles. The van der Waals surface area contributed by atoms with Gasteiger partial charge in [0.25, 0.3) is 5.91 Å². The predicted octanol–water partition coefficient (Wildman–Crippen LogP) is 4.17. The van der Waals surface area contributed by atoms with Crippen LogP contribution in [0.25, 0.3) is 0 Å². The van der Waals surface area contributed by atoms with Crippen LogP contribution in [-0.2, 0) is 25.1 Å². The molecule has 2 aromatic rings. The second-order valence-electron chi connectivity index (χ2n) is 11.6. The molecule has 3 fully saturated rings. The molecule has 6 rings (SSSR count). The Labute approximate surface area is 219 Å². The molecule has 1 N–H and O–H groups in total. The highest BCUT2D eigenvalue weighted by atomic mass is 32.2. The van der Waals surface area contributed by atoms with Gasteiger partial charge in [-0.15, -0.1) is 0 Å². The van der Waals surface area contributed by atoms with Crippen molar-refractivity contribution in [1.82, 2.24) is 4.31 Å². The van der Waals surface area contributed by atoms with Crippen LogP contribution >= 0.6 is 0 Å². The van der Waals surface area contributed by atoms with Crippen LogP contribution < -0.4 is 9.62 Å². The van der Waals surface area contributed by atoms with E-state index in [1.165, 1.54) is 23.2 Å². The summed E-state index contributed by atoms with van der Waals surface area (Å²) in [6.07, 6.45) is 8.48. The number of carbonyl (C=O) groups is 1. The van der Waals surface area contributed by atoms with Gasteiger partial charge in [0, 0.05) is 58.0 Å². The number of nitrogens with one attached hydrogen (secondary N) is 1. The molecule has 7 nitrogen and oxygen atoms in total. The Balaban J connectivity index is 1.35.